The monoisotopic (exact) mass is 262 g/mol. The largest absolute Gasteiger partial charge is 0.497 e. The van der Waals surface area contributed by atoms with Crippen molar-refractivity contribution in [3.63, 3.8) is 0 Å². The van der Waals surface area contributed by atoms with Gasteiger partial charge in [-0.25, -0.2) is 0 Å². The smallest absolute Gasteiger partial charge is 0.207 e. The Morgan fingerprint density at radius 2 is 2.00 bits per heavy atom. The van der Waals surface area contributed by atoms with Crippen LogP contribution in [0.3, 0.4) is 0 Å². The van der Waals surface area contributed by atoms with E-state index in [9.17, 15) is 4.79 Å². The Balaban J connectivity index is 2.53. The third kappa shape index (κ3) is 2.46. The molecular weight excluding hydrogens is 240 g/mol. The lowest BCUT2D eigenvalue weighted by molar-refractivity contribution is 0.0843. The van der Waals surface area contributed by atoms with Crippen molar-refractivity contribution in [1.29, 1.82) is 0 Å². The lowest BCUT2D eigenvalue weighted by Gasteiger charge is -2.22. The number of carbonyl (C=O) groups is 1. The van der Waals surface area contributed by atoms with Gasteiger partial charge in [0.25, 0.3) is 0 Å². The molecule has 3 heteroatoms. The van der Waals surface area contributed by atoms with Crippen LogP contribution in [0, 0.1) is 0 Å². The van der Waals surface area contributed by atoms with Gasteiger partial charge in [-0.15, -0.1) is 0 Å². The summed E-state index contributed by atoms with van der Waals surface area (Å²) in [4.78, 5) is 12.4. The molecule has 1 aromatic rings. The maximum atomic E-state index is 12.4. The molecule has 0 aromatic heterocycles. The van der Waals surface area contributed by atoms with Gasteiger partial charge >= 0.3 is 0 Å². The molecule has 0 bridgehead atoms. The van der Waals surface area contributed by atoms with Crippen LogP contribution in [0.1, 0.15) is 56.5 Å². The lowest BCUT2D eigenvalue weighted by atomic mass is 9.85. The minimum absolute atomic E-state index is 0.0833. The first-order valence-electron chi connectivity index (χ1n) is 6.82. The van der Waals surface area contributed by atoms with Crippen LogP contribution in [-0.2, 0) is 5.41 Å². The highest BCUT2D eigenvalue weighted by atomic mass is 16.5. The molecule has 1 aliphatic heterocycles. The number of rotatable bonds is 3. The number of ether oxygens (including phenoxy) is 2. The molecule has 1 heterocycles. The van der Waals surface area contributed by atoms with Crippen molar-refractivity contribution >= 4 is 5.78 Å². The number of fused-ring (bicyclic) bond motifs is 1. The van der Waals surface area contributed by atoms with Crippen molar-refractivity contribution in [3.8, 4) is 11.5 Å². The predicted octanol–water partition coefficient (Wildman–Crippen LogP) is 3.74. The van der Waals surface area contributed by atoms with Gasteiger partial charge < -0.3 is 9.47 Å². The number of benzene rings is 1. The molecule has 0 saturated carbocycles. The summed E-state index contributed by atoms with van der Waals surface area (Å²) in [6, 6.07) is 3.77. The van der Waals surface area contributed by atoms with Gasteiger partial charge in [0, 0.05) is 5.56 Å². The highest BCUT2D eigenvalue weighted by Gasteiger charge is 2.36. The van der Waals surface area contributed by atoms with Crippen LogP contribution in [0.5, 0.6) is 11.5 Å². The van der Waals surface area contributed by atoms with E-state index in [2.05, 4.69) is 27.7 Å². The Bertz CT molecular complexity index is 497. The predicted molar refractivity (Wildman–Crippen MR) is 75.3 cm³/mol. The van der Waals surface area contributed by atoms with Crippen molar-refractivity contribution < 1.29 is 14.3 Å². The number of Topliss-reactive ketones (excluding diaryl/α,β-unsaturated/α-hetero) is 1. The molecule has 1 unspecified atom stereocenters. The third-order valence-corrected chi connectivity index (χ3v) is 3.48. The molecule has 0 spiro atoms. The normalized spacial score (nSPS) is 18.2. The fourth-order valence-corrected chi connectivity index (χ4v) is 2.41. The van der Waals surface area contributed by atoms with Gasteiger partial charge in [-0.3, -0.25) is 4.79 Å². The third-order valence-electron chi connectivity index (χ3n) is 3.48. The zero-order valence-corrected chi connectivity index (χ0v) is 12.4. The molecule has 3 nitrogen and oxygen atoms in total. The first kappa shape index (κ1) is 13.9. The van der Waals surface area contributed by atoms with Crippen LogP contribution in [0.25, 0.3) is 0 Å². The Kier molecular flexibility index (Phi) is 3.57. The molecular formula is C16H22O3. The van der Waals surface area contributed by atoms with E-state index in [4.69, 9.17) is 9.47 Å². The summed E-state index contributed by atoms with van der Waals surface area (Å²) in [5.74, 6) is 1.55. The minimum Gasteiger partial charge on any atom is -0.497 e. The summed E-state index contributed by atoms with van der Waals surface area (Å²) >= 11 is 0. The van der Waals surface area contributed by atoms with Gasteiger partial charge in [0.1, 0.15) is 11.5 Å². The standard InChI is InChI=1S/C16H22O3/c1-6-7-13-14(17)11-8-10(18-5)9-12(15(11)19-13)16(2,3)4/h8-9,13H,6-7H2,1-5H3. The number of carbonyl (C=O) groups excluding carboxylic acids is 1. The van der Waals surface area contributed by atoms with Gasteiger partial charge in [0.2, 0.25) is 5.78 Å². The number of hydrogen-bond donors (Lipinski definition) is 0. The molecule has 19 heavy (non-hydrogen) atoms. The number of ketones is 1. The second-order valence-electron chi connectivity index (χ2n) is 6.06. The second kappa shape index (κ2) is 4.87. The quantitative estimate of drug-likeness (QED) is 0.832. The zero-order chi connectivity index (χ0) is 14.2. The zero-order valence-electron chi connectivity index (χ0n) is 12.4. The van der Waals surface area contributed by atoms with E-state index in [0.717, 1.165) is 29.9 Å². The lowest BCUT2D eigenvalue weighted by Crippen LogP contribution is -2.20. The summed E-state index contributed by atoms with van der Waals surface area (Å²) < 4.78 is 11.2. The van der Waals surface area contributed by atoms with Gasteiger partial charge in [0.05, 0.1) is 12.7 Å². The van der Waals surface area contributed by atoms with Gasteiger partial charge in [-0.2, -0.15) is 0 Å². The van der Waals surface area contributed by atoms with Gasteiger partial charge in [-0.1, -0.05) is 34.1 Å². The Hall–Kier alpha value is -1.51. The van der Waals surface area contributed by atoms with Crippen molar-refractivity contribution in [3.05, 3.63) is 23.3 Å². The highest BCUT2D eigenvalue weighted by Crippen LogP contribution is 2.42. The maximum absolute atomic E-state index is 12.4. The van der Waals surface area contributed by atoms with Crippen molar-refractivity contribution in [2.45, 2.75) is 52.1 Å². The van der Waals surface area contributed by atoms with E-state index >= 15 is 0 Å². The molecule has 0 saturated heterocycles. The van der Waals surface area contributed by atoms with Crippen LogP contribution in [0.2, 0.25) is 0 Å². The first-order chi connectivity index (χ1) is 8.88. The molecule has 1 aromatic carbocycles. The minimum atomic E-state index is -0.326. The number of methoxy groups -OCH3 is 1. The Morgan fingerprint density at radius 1 is 1.32 bits per heavy atom. The molecule has 0 N–H and O–H groups in total. The molecule has 0 aliphatic carbocycles. The fraction of sp³-hybridized carbons (Fsp3) is 0.562. The van der Waals surface area contributed by atoms with Gasteiger partial charge in [0.15, 0.2) is 6.10 Å². The highest BCUT2D eigenvalue weighted by molar-refractivity contribution is 6.05. The number of hydrogen-bond acceptors (Lipinski definition) is 3. The van der Waals surface area contributed by atoms with Crippen LogP contribution in [0.15, 0.2) is 12.1 Å². The van der Waals surface area contributed by atoms with E-state index in [1.165, 1.54) is 0 Å². The van der Waals surface area contributed by atoms with Crippen LogP contribution >= 0.6 is 0 Å². The summed E-state index contributed by atoms with van der Waals surface area (Å²) in [6.07, 6.45) is 1.37. The van der Waals surface area contributed by atoms with E-state index in [1.807, 2.05) is 6.07 Å². The maximum Gasteiger partial charge on any atom is 0.207 e. The fourth-order valence-electron chi connectivity index (χ4n) is 2.41. The summed E-state index contributed by atoms with van der Waals surface area (Å²) in [5, 5.41) is 0. The topological polar surface area (TPSA) is 35.5 Å². The molecule has 104 valence electrons. The van der Waals surface area contributed by atoms with E-state index in [0.29, 0.717) is 5.56 Å². The molecule has 1 atom stereocenters. The van der Waals surface area contributed by atoms with E-state index in [-0.39, 0.29) is 17.3 Å². The Morgan fingerprint density at radius 3 is 2.53 bits per heavy atom. The molecule has 2 rings (SSSR count). The SMILES string of the molecule is CCCC1Oc2c(cc(OC)cc2C(C)(C)C)C1=O. The summed E-state index contributed by atoms with van der Waals surface area (Å²) in [6.45, 7) is 8.40. The van der Waals surface area contributed by atoms with Crippen molar-refractivity contribution in [2.75, 3.05) is 7.11 Å². The molecule has 0 radical (unpaired) electrons. The Labute approximate surface area is 114 Å². The first-order valence-corrected chi connectivity index (χ1v) is 6.82. The average molecular weight is 262 g/mol. The van der Waals surface area contributed by atoms with E-state index in [1.54, 1.807) is 13.2 Å². The molecule has 1 aliphatic rings. The van der Waals surface area contributed by atoms with Crippen LogP contribution < -0.4 is 9.47 Å². The van der Waals surface area contributed by atoms with E-state index < -0.39 is 0 Å². The van der Waals surface area contributed by atoms with Crippen molar-refractivity contribution in [2.24, 2.45) is 0 Å². The van der Waals surface area contributed by atoms with Gasteiger partial charge in [-0.05, 0) is 24.0 Å². The second-order valence-corrected chi connectivity index (χ2v) is 6.06. The van der Waals surface area contributed by atoms with Crippen molar-refractivity contribution in [1.82, 2.24) is 0 Å². The summed E-state index contributed by atoms with van der Waals surface area (Å²) in [7, 11) is 1.62. The van der Waals surface area contributed by atoms with Crippen LogP contribution in [0.4, 0.5) is 0 Å². The van der Waals surface area contributed by atoms with Crippen LogP contribution in [-0.4, -0.2) is 19.0 Å². The summed E-state index contributed by atoms with van der Waals surface area (Å²) in [5.41, 5.74) is 1.62. The molecule has 0 fully saturated rings. The average Bonchev–Trinajstić information content (AvgIpc) is 2.65. The molecule has 0 amide bonds.